The largest absolute Gasteiger partial charge is 0.493 e. The van der Waals surface area contributed by atoms with Crippen LogP contribution in [0.5, 0.6) is 11.5 Å². The Balaban J connectivity index is 1.53. The van der Waals surface area contributed by atoms with Gasteiger partial charge in [-0.25, -0.2) is 0 Å². The molecule has 1 atom stereocenters. The average molecular weight is 442 g/mol. The van der Waals surface area contributed by atoms with E-state index in [-0.39, 0.29) is 6.61 Å². The van der Waals surface area contributed by atoms with Crippen LogP contribution in [0.2, 0.25) is 0 Å². The molecular weight excluding hydrogens is 402 g/mol. The zero-order chi connectivity index (χ0) is 22.9. The highest BCUT2D eigenvalue weighted by molar-refractivity contribution is 5.43. The Morgan fingerprint density at radius 2 is 1.56 bits per heavy atom. The van der Waals surface area contributed by atoms with Crippen molar-refractivity contribution < 1.29 is 14.6 Å². The highest BCUT2D eigenvalue weighted by atomic mass is 16.5. The van der Waals surface area contributed by atoms with Crippen LogP contribution in [0.4, 0.5) is 0 Å². The first-order valence-corrected chi connectivity index (χ1v) is 11.6. The van der Waals surface area contributed by atoms with Gasteiger partial charge in [0.1, 0.15) is 12.7 Å². The maximum absolute atomic E-state index is 10.5. The van der Waals surface area contributed by atoms with E-state index in [1.807, 2.05) is 12.1 Å². The lowest BCUT2D eigenvalue weighted by Crippen LogP contribution is -2.47. The van der Waals surface area contributed by atoms with Crippen molar-refractivity contribution in [2.75, 3.05) is 60.5 Å². The topological polar surface area (TPSA) is 48.4 Å². The maximum atomic E-state index is 10.5. The Bertz CT molecular complexity index is 820. The predicted octanol–water partition coefficient (Wildman–Crippen LogP) is 2.88. The van der Waals surface area contributed by atoms with Crippen molar-refractivity contribution in [1.29, 1.82) is 0 Å². The Kier molecular flexibility index (Phi) is 9.36. The number of likely N-dealkylation sites (N-methyl/N-ethyl adjacent to an activating group) is 1. The summed E-state index contributed by atoms with van der Waals surface area (Å²) in [4.78, 5) is 6.89. The molecule has 0 bridgehead atoms. The molecule has 0 unspecified atom stereocenters. The predicted molar refractivity (Wildman–Crippen MR) is 129 cm³/mol. The molecule has 0 radical (unpaired) electrons. The van der Waals surface area contributed by atoms with Gasteiger partial charge >= 0.3 is 0 Å². The molecule has 1 heterocycles. The summed E-state index contributed by atoms with van der Waals surface area (Å²) >= 11 is 0. The number of β-amino-alcohol motifs (C(OH)–C–C–N with tert-alkyl or cyclic N) is 1. The van der Waals surface area contributed by atoms with E-state index in [2.05, 4.69) is 66.1 Å². The molecule has 0 aromatic heterocycles. The summed E-state index contributed by atoms with van der Waals surface area (Å²) in [5.74, 6) is 1.38. The first kappa shape index (κ1) is 24.5. The van der Waals surface area contributed by atoms with Gasteiger partial charge in [-0.05, 0) is 49.3 Å². The minimum absolute atomic E-state index is 0.256. The van der Waals surface area contributed by atoms with E-state index in [0.717, 1.165) is 51.3 Å². The van der Waals surface area contributed by atoms with E-state index in [0.29, 0.717) is 18.0 Å². The van der Waals surface area contributed by atoms with Crippen LogP contribution in [0.15, 0.2) is 42.5 Å². The minimum atomic E-state index is -0.527. The van der Waals surface area contributed by atoms with Gasteiger partial charge in [0.25, 0.3) is 0 Å². The second kappa shape index (κ2) is 12.2. The van der Waals surface area contributed by atoms with Crippen molar-refractivity contribution in [3.63, 3.8) is 0 Å². The molecule has 1 aliphatic rings. The number of ether oxygens (including phenoxy) is 2. The van der Waals surface area contributed by atoms with Gasteiger partial charge in [-0.3, -0.25) is 9.80 Å². The van der Waals surface area contributed by atoms with Gasteiger partial charge < -0.3 is 19.5 Å². The van der Waals surface area contributed by atoms with Crippen molar-refractivity contribution in [3.8, 4) is 11.5 Å². The van der Waals surface area contributed by atoms with Gasteiger partial charge in [0.05, 0.1) is 7.11 Å². The number of nitrogens with zero attached hydrogens (tertiary/aromatic N) is 3. The average Bonchev–Trinajstić information content (AvgIpc) is 2.80. The van der Waals surface area contributed by atoms with Gasteiger partial charge in [-0.2, -0.15) is 0 Å². The van der Waals surface area contributed by atoms with Crippen LogP contribution in [0.3, 0.4) is 0 Å². The molecule has 176 valence electrons. The third-order valence-corrected chi connectivity index (χ3v) is 6.06. The van der Waals surface area contributed by atoms with E-state index in [4.69, 9.17) is 9.47 Å². The summed E-state index contributed by atoms with van der Waals surface area (Å²) in [6.07, 6.45) is 0.537. The monoisotopic (exact) mass is 441 g/mol. The minimum Gasteiger partial charge on any atom is -0.493 e. The summed E-state index contributed by atoms with van der Waals surface area (Å²) in [6.45, 7) is 8.81. The fourth-order valence-corrected chi connectivity index (χ4v) is 4.06. The molecule has 0 amide bonds. The lowest BCUT2D eigenvalue weighted by atomic mass is 10.1. The number of aryl methyl sites for hydroxylation is 1. The van der Waals surface area contributed by atoms with E-state index in [9.17, 15) is 5.11 Å². The molecule has 6 heteroatoms. The quantitative estimate of drug-likeness (QED) is 0.579. The molecule has 1 saturated heterocycles. The SMILES string of the molecule is CCc1ccc(CN(C)Cc2ccc(OC)c(OC[C@H](O)CN3CCN(C)CC3)c2)cc1. The van der Waals surface area contributed by atoms with E-state index in [1.54, 1.807) is 7.11 Å². The molecule has 2 aromatic rings. The molecule has 32 heavy (non-hydrogen) atoms. The smallest absolute Gasteiger partial charge is 0.161 e. The van der Waals surface area contributed by atoms with Crippen LogP contribution in [0.1, 0.15) is 23.6 Å². The summed E-state index contributed by atoms with van der Waals surface area (Å²) in [7, 11) is 5.91. The van der Waals surface area contributed by atoms with E-state index >= 15 is 0 Å². The standard InChI is InChI=1S/C26H39N3O3/c1-5-21-6-8-22(9-7-21)17-28(3)18-23-10-11-25(31-4)26(16-23)32-20-24(30)19-29-14-12-27(2)13-15-29/h6-11,16,24,30H,5,12-15,17-20H2,1-4H3/t24-/m1/s1. The van der Waals surface area contributed by atoms with Gasteiger partial charge in [0.2, 0.25) is 0 Å². The van der Waals surface area contributed by atoms with Crippen molar-refractivity contribution in [3.05, 3.63) is 59.2 Å². The van der Waals surface area contributed by atoms with Crippen LogP contribution in [0.25, 0.3) is 0 Å². The number of aliphatic hydroxyl groups excluding tert-OH is 1. The summed E-state index contributed by atoms with van der Waals surface area (Å²) in [6, 6.07) is 14.9. The van der Waals surface area contributed by atoms with Gasteiger partial charge in [0, 0.05) is 45.8 Å². The molecule has 0 saturated carbocycles. The third kappa shape index (κ3) is 7.48. The Hall–Kier alpha value is -2.12. The Labute approximate surface area is 193 Å². The highest BCUT2D eigenvalue weighted by Gasteiger charge is 2.18. The van der Waals surface area contributed by atoms with Crippen molar-refractivity contribution >= 4 is 0 Å². The molecule has 3 rings (SSSR count). The van der Waals surface area contributed by atoms with E-state index in [1.165, 1.54) is 11.1 Å². The van der Waals surface area contributed by atoms with Gasteiger partial charge in [-0.15, -0.1) is 0 Å². The van der Waals surface area contributed by atoms with Crippen LogP contribution >= 0.6 is 0 Å². The number of methoxy groups -OCH3 is 1. The summed E-state index contributed by atoms with van der Waals surface area (Å²) in [5, 5.41) is 10.5. The van der Waals surface area contributed by atoms with Crippen LogP contribution in [0, 0.1) is 0 Å². The summed E-state index contributed by atoms with van der Waals surface area (Å²) in [5.41, 5.74) is 3.83. The zero-order valence-electron chi connectivity index (χ0n) is 20.1. The Morgan fingerprint density at radius 1 is 0.938 bits per heavy atom. The molecule has 1 aliphatic heterocycles. The molecule has 0 spiro atoms. The molecule has 1 N–H and O–H groups in total. The third-order valence-electron chi connectivity index (χ3n) is 6.06. The van der Waals surface area contributed by atoms with Crippen molar-refractivity contribution in [2.24, 2.45) is 0 Å². The maximum Gasteiger partial charge on any atom is 0.161 e. The molecule has 6 nitrogen and oxygen atoms in total. The number of hydrogen-bond acceptors (Lipinski definition) is 6. The number of hydrogen-bond donors (Lipinski definition) is 1. The molecule has 0 aliphatic carbocycles. The van der Waals surface area contributed by atoms with Crippen molar-refractivity contribution in [2.45, 2.75) is 32.5 Å². The van der Waals surface area contributed by atoms with Crippen LogP contribution < -0.4 is 9.47 Å². The lowest BCUT2D eigenvalue weighted by Gasteiger charge is -2.33. The second-order valence-electron chi connectivity index (χ2n) is 8.90. The fourth-order valence-electron chi connectivity index (χ4n) is 4.06. The number of piperazine rings is 1. The molecular formula is C26H39N3O3. The number of rotatable bonds is 11. The first-order valence-electron chi connectivity index (χ1n) is 11.6. The first-order chi connectivity index (χ1) is 15.5. The number of benzene rings is 2. The summed E-state index contributed by atoms with van der Waals surface area (Å²) < 4.78 is 11.5. The van der Waals surface area contributed by atoms with E-state index < -0.39 is 6.10 Å². The second-order valence-corrected chi connectivity index (χ2v) is 8.90. The van der Waals surface area contributed by atoms with Crippen molar-refractivity contribution in [1.82, 2.24) is 14.7 Å². The lowest BCUT2D eigenvalue weighted by molar-refractivity contribution is 0.0497. The molecule has 2 aromatic carbocycles. The zero-order valence-corrected chi connectivity index (χ0v) is 20.1. The highest BCUT2D eigenvalue weighted by Crippen LogP contribution is 2.29. The van der Waals surface area contributed by atoms with Gasteiger partial charge in [-0.1, -0.05) is 37.3 Å². The normalized spacial score (nSPS) is 16.3. The fraction of sp³-hybridized carbons (Fsp3) is 0.538. The van der Waals surface area contributed by atoms with Gasteiger partial charge in [0.15, 0.2) is 11.5 Å². The molecule has 1 fully saturated rings. The number of aliphatic hydroxyl groups is 1. The van der Waals surface area contributed by atoms with Crippen LogP contribution in [-0.4, -0.2) is 86.4 Å². The Morgan fingerprint density at radius 3 is 2.22 bits per heavy atom. The van der Waals surface area contributed by atoms with Crippen LogP contribution in [-0.2, 0) is 19.5 Å².